The van der Waals surface area contributed by atoms with E-state index in [4.69, 9.17) is 4.74 Å². The summed E-state index contributed by atoms with van der Waals surface area (Å²) in [5, 5.41) is 11.4. The Labute approximate surface area is 132 Å². The lowest BCUT2D eigenvalue weighted by Crippen LogP contribution is -2.45. The lowest BCUT2D eigenvalue weighted by molar-refractivity contribution is 0.0166. The first-order valence-electron chi connectivity index (χ1n) is 7.87. The number of aryl methyl sites for hydroxylation is 1. The molecule has 1 aromatic rings. The van der Waals surface area contributed by atoms with E-state index in [9.17, 15) is 4.79 Å². The minimum absolute atomic E-state index is 0.203. The Bertz CT molecular complexity index is 494. The van der Waals surface area contributed by atoms with Gasteiger partial charge in [-0.15, -0.1) is 5.10 Å². The highest BCUT2D eigenvalue weighted by Crippen LogP contribution is 2.18. The van der Waals surface area contributed by atoms with E-state index in [2.05, 4.69) is 15.6 Å². The molecule has 0 aromatic carbocycles. The second kappa shape index (κ2) is 7.09. The highest BCUT2D eigenvalue weighted by Gasteiger charge is 2.27. The summed E-state index contributed by atoms with van der Waals surface area (Å²) >= 11 is 0. The van der Waals surface area contributed by atoms with Crippen LogP contribution in [0.1, 0.15) is 39.3 Å². The van der Waals surface area contributed by atoms with E-state index in [0.717, 1.165) is 38.2 Å². The molecule has 2 heterocycles. The number of ether oxygens (including phenoxy) is 1. The number of rotatable bonds is 4. The number of hydrogen-bond donors (Lipinski definition) is 1. The molecular weight excluding hydrogens is 282 g/mol. The third kappa shape index (κ3) is 5.29. The lowest BCUT2D eigenvalue weighted by atomic mass is 9.98. The quantitative estimate of drug-likeness (QED) is 0.913. The first kappa shape index (κ1) is 16.7. The number of aromatic nitrogens is 3. The van der Waals surface area contributed by atoms with Crippen molar-refractivity contribution < 1.29 is 9.53 Å². The number of piperidine rings is 1. The van der Waals surface area contributed by atoms with Gasteiger partial charge in [-0.25, -0.2) is 4.79 Å². The molecule has 1 N–H and O–H groups in total. The maximum atomic E-state index is 12.1. The molecule has 1 aromatic heterocycles. The first-order valence-corrected chi connectivity index (χ1v) is 7.87. The molecule has 1 atom stereocenters. The van der Waals surface area contributed by atoms with E-state index in [0.29, 0.717) is 12.5 Å². The molecule has 22 heavy (non-hydrogen) atoms. The van der Waals surface area contributed by atoms with Gasteiger partial charge in [-0.2, -0.15) is 0 Å². The number of likely N-dealkylation sites (tertiary alicyclic amines) is 1. The van der Waals surface area contributed by atoms with Gasteiger partial charge in [0.15, 0.2) is 0 Å². The van der Waals surface area contributed by atoms with Crippen molar-refractivity contribution in [1.29, 1.82) is 0 Å². The first-order chi connectivity index (χ1) is 10.3. The summed E-state index contributed by atoms with van der Waals surface area (Å²) in [6, 6.07) is 0. The van der Waals surface area contributed by atoms with Gasteiger partial charge >= 0.3 is 6.09 Å². The fourth-order valence-corrected chi connectivity index (χ4v) is 2.60. The van der Waals surface area contributed by atoms with Gasteiger partial charge in [0.1, 0.15) is 5.60 Å². The molecule has 124 valence electrons. The van der Waals surface area contributed by atoms with Crippen molar-refractivity contribution in [3.8, 4) is 0 Å². The standard InChI is InChI=1S/C15H27N5O2/c1-15(2,3)22-14(21)20-7-5-6-12(10-20)8-16-9-13-11-19(4)18-17-13/h11-12,16H,5-10H2,1-4H3. The fraction of sp³-hybridized carbons (Fsp3) is 0.800. The second-order valence-corrected chi connectivity index (χ2v) is 6.95. The zero-order valence-corrected chi connectivity index (χ0v) is 14.0. The van der Waals surface area contributed by atoms with Gasteiger partial charge in [0.25, 0.3) is 0 Å². The predicted molar refractivity (Wildman–Crippen MR) is 83.2 cm³/mol. The topological polar surface area (TPSA) is 72.3 Å². The monoisotopic (exact) mass is 309 g/mol. The number of carbonyl (C=O) groups is 1. The third-order valence-corrected chi connectivity index (χ3v) is 3.56. The van der Waals surface area contributed by atoms with Gasteiger partial charge < -0.3 is 15.0 Å². The van der Waals surface area contributed by atoms with E-state index in [1.807, 2.05) is 38.9 Å². The van der Waals surface area contributed by atoms with Crippen LogP contribution in [-0.4, -0.2) is 51.2 Å². The van der Waals surface area contributed by atoms with Crippen LogP contribution in [0.15, 0.2) is 6.20 Å². The summed E-state index contributed by atoms with van der Waals surface area (Å²) in [6.07, 6.45) is 3.86. The van der Waals surface area contributed by atoms with Crippen LogP contribution in [-0.2, 0) is 18.3 Å². The maximum absolute atomic E-state index is 12.1. The molecule has 1 fully saturated rings. The molecular formula is C15H27N5O2. The van der Waals surface area contributed by atoms with Crippen molar-refractivity contribution in [2.45, 2.75) is 45.8 Å². The van der Waals surface area contributed by atoms with Crippen molar-refractivity contribution in [3.05, 3.63) is 11.9 Å². The number of nitrogens with one attached hydrogen (secondary N) is 1. The Morgan fingerprint density at radius 1 is 1.50 bits per heavy atom. The summed E-state index contributed by atoms with van der Waals surface area (Å²) in [6.45, 7) is 8.81. The molecule has 2 rings (SSSR count). The molecule has 1 amide bonds. The zero-order valence-electron chi connectivity index (χ0n) is 14.0. The van der Waals surface area contributed by atoms with Gasteiger partial charge in [0.2, 0.25) is 0 Å². The average molecular weight is 309 g/mol. The van der Waals surface area contributed by atoms with Crippen LogP contribution in [0.2, 0.25) is 0 Å². The van der Waals surface area contributed by atoms with Gasteiger partial charge in [0, 0.05) is 39.4 Å². The Morgan fingerprint density at radius 3 is 2.91 bits per heavy atom. The van der Waals surface area contributed by atoms with Crippen molar-refractivity contribution >= 4 is 6.09 Å². The Hall–Kier alpha value is -1.63. The Balaban J connectivity index is 1.74. The Kier molecular flexibility index (Phi) is 5.39. The van der Waals surface area contributed by atoms with Gasteiger partial charge in [-0.05, 0) is 39.5 Å². The molecule has 1 unspecified atom stereocenters. The molecule has 1 aliphatic heterocycles. The summed E-state index contributed by atoms with van der Waals surface area (Å²) in [4.78, 5) is 13.9. The number of amides is 1. The van der Waals surface area contributed by atoms with Crippen LogP contribution in [0.25, 0.3) is 0 Å². The largest absolute Gasteiger partial charge is 0.444 e. The predicted octanol–water partition coefficient (Wildman–Crippen LogP) is 1.55. The van der Waals surface area contributed by atoms with Crippen molar-refractivity contribution in [1.82, 2.24) is 25.2 Å². The summed E-state index contributed by atoms with van der Waals surface area (Å²) in [7, 11) is 1.86. The van der Waals surface area contributed by atoms with Crippen LogP contribution in [0.5, 0.6) is 0 Å². The SMILES string of the molecule is Cn1cc(CNCC2CCCN(C(=O)OC(C)(C)C)C2)nn1. The van der Waals surface area contributed by atoms with Crippen LogP contribution < -0.4 is 5.32 Å². The lowest BCUT2D eigenvalue weighted by Gasteiger charge is -2.34. The summed E-state index contributed by atoms with van der Waals surface area (Å²) in [5.41, 5.74) is 0.496. The van der Waals surface area contributed by atoms with Crippen LogP contribution >= 0.6 is 0 Å². The highest BCUT2D eigenvalue weighted by molar-refractivity contribution is 5.68. The molecule has 0 aliphatic carbocycles. The molecule has 0 bridgehead atoms. The average Bonchev–Trinajstić information content (AvgIpc) is 2.83. The molecule has 1 aliphatic rings. The van der Waals surface area contributed by atoms with Gasteiger partial charge in [0.05, 0.1) is 5.69 Å². The zero-order chi connectivity index (χ0) is 16.2. The van der Waals surface area contributed by atoms with Crippen molar-refractivity contribution in [2.75, 3.05) is 19.6 Å². The van der Waals surface area contributed by atoms with Crippen molar-refractivity contribution in [3.63, 3.8) is 0 Å². The van der Waals surface area contributed by atoms with Crippen molar-refractivity contribution in [2.24, 2.45) is 13.0 Å². The third-order valence-electron chi connectivity index (χ3n) is 3.56. The second-order valence-electron chi connectivity index (χ2n) is 6.95. The van der Waals surface area contributed by atoms with Crippen LogP contribution in [0.3, 0.4) is 0 Å². The normalized spacial score (nSPS) is 19.3. The molecule has 0 radical (unpaired) electrons. The molecule has 0 saturated carbocycles. The van der Waals surface area contributed by atoms with E-state index in [1.54, 1.807) is 4.68 Å². The summed E-state index contributed by atoms with van der Waals surface area (Å²) < 4.78 is 7.14. The smallest absolute Gasteiger partial charge is 0.410 e. The molecule has 1 saturated heterocycles. The fourth-order valence-electron chi connectivity index (χ4n) is 2.60. The molecule has 7 heteroatoms. The minimum atomic E-state index is -0.436. The number of hydrogen-bond acceptors (Lipinski definition) is 5. The molecule has 0 spiro atoms. The molecule has 7 nitrogen and oxygen atoms in total. The van der Waals surface area contributed by atoms with E-state index < -0.39 is 5.60 Å². The van der Waals surface area contributed by atoms with Crippen LogP contribution in [0, 0.1) is 5.92 Å². The van der Waals surface area contributed by atoms with Gasteiger partial charge in [-0.3, -0.25) is 4.68 Å². The van der Waals surface area contributed by atoms with E-state index in [-0.39, 0.29) is 6.09 Å². The number of carbonyl (C=O) groups excluding carboxylic acids is 1. The maximum Gasteiger partial charge on any atom is 0.410 e. The minimum Gasteiger partial charge on any atom is -0.444 e. The van der Waals surface area contributed by atoms with E-state index >= 15 is 0 Å². The highest BCUT2D eigenvalue weighted by atomic mass is 16.6. The Morgan fingerprint density at radius 2 is 2.27 bits per heavy atom. The van der Waals surface area contributed by atoms with Crippen LogP contribution in [0.4, 0.5) is 4.79 Å². The summed E-state index contributed by atoms with van der Waals surface area (Å²) in [5.74, 6) is 0.456. The van der Waals surface area contributed by atoms with Gasteiger partial charge in [-0.1, -0.05) is 5.21 Å². The number of nitrogens with zero attached hydrogens (tertiary/aromatic N) is 4. The van der Waals surface area contributed by atoms with E-state index in [1.165, 1.54) is 0 Å².